The number of hydrogen-bond acceptors (Lipinski definition) is 3. The topological polar surface area (TPSA) is 102 Å². The second-order valence-electron chi connectivity index (χ2n) is 1.50. The largest absolute Gasteiger partial charge is 0.466 e. The fraction of sp³-hybridized carbons (Fsp3) is 0.667. The van der Waals surface area contributed by atoms with Crippen molar-refractivity contribution in [2.24, 2.45) is 4.99 Å². The maximum absolute atomic E-state index is 8.88. The van der Waals surface area contributed by atoms with Gasteiger partial charge < -0.3 is 20.0 Å². The molecule has 6 nitrogen and oxygen atoms in total. The second kappa shape index (κ2) is 4.40. The molecule has 1 aliphatic heterocycles. The Balaban J connectivity index is 0.000000162. The number of nitrogens with one attached hydrogen (secondary N) is 1. The third-order valence-electron chi connectivity index (χ3n) is 0.568. The zero-order valence-electron chi connectivity index (χ0n) is 5.14. The Kier molecular flexibility index (Phi) is 4.22. The van der Waals surface area contributed by atoms with E-state index in [-0.39, 0.29) is 0 Å². The van der Waals surface area contributed by atoms with Gasteiger partial charge in [-0.25, -0.2) is 4.57 Å². The van der Waals surface area contributed by atoms with Crippen LogP contribution in [0.15, 0.2) is 4.99 Å². The lowest BCUT2D eigenvalue weighted by Gasteiger charge is -1.82. The Morgan fingerprint density at radius 3 is 2.10 bits per heavy atom. The molecule has 0 amide bonds. The molecule has 0 unspecified atom stereocenters. The summed E-state index contributed by atoms with van der Waals surface area (Å²) < 4.78 is 8.88. The lowest BCUT2D eigenvalue weighted by atomic mass is 10.7. The molecule has 0 saturated heterocycles. The zero-order chi connectivity index (χ0) is 8.04. The van der Waals surface area contributed by atoms with Crippen LogP contribution in [0.3, 0.4) is 0 Å². The van der Waals surface area contributed by atoms with E-state index in [4.69, 9.17) is 19.2 Å². The Labute approximate surface area is 57.8 Å². The first-order chi connectivity index (χ1) is 4.50. The Bertz CT molecular complexity index is 138. The molecule has 7 heteroatoms. The van der Waals surface area contributed by atoms with Crippen molar-refractivity contribution in [1.82, 2.24) is 5.32 Å². The number of rotatable bonds is 0. The van der Waals surface area contributed by atoms with E-state index < -0.39 is 7.82 Å². The summed E-state index contributed by atoms with van der Waals surface area (Å²) >= 11 is 0. The van der Waals surface area contributed by atoms with Crippen LogP contribution in [0.4, 0.5) is 0 Å². The molecule has 0 bridgehead atoms. The molecule has 0 aromatic rings. The second-order valence-corrected chi connectivity index (χ2v) is 2.53. The summed E-state index contributed by atoms with van der Waals surface area (Å²) in [5.41, 5.74) is 0. The maximum atomic E-state index is 8.88. The summed E-state index contributed by atoms with van der Waals surface area (Å²) in [4.78, 5) is 25.4. The molecule has 1 rings (SSSR count). The van der Waals surface area contributed by atoms with Gasteiger partial charge in [0.05, 0.1) is 12.9 Å². The molecule has 0 aromatic carbocycles. The third-order valence-corrected chi connectivity index (χ3v) is 0.568. The first-order valence-electron chi connectivity index (χ1n) is 2.50. The standard InChI is InChI=1S/C3H6N2.H3O4P/c1-2-5-3-4-1;1-5(2,3)4/h3H,1-2H2,(H,4,5);(H3,1,2,3,4). The van der Waals surface area contributed by atoms with E-state index in [1.807, 2.05) is 0 Å². The first-order valence-corrected chi connectivity index (χ1v) is 4.06. The highest BCUT2D eigenvalue weighted by molar-refractivity contribution is 7.45. The van der Waals surface area contributed by atoms with E-state index in [2.05, 4.69) is 10.3 Å². The summed E-state index contributed by atoms with van der Waals surface area (Å²) in [5.74, 6) is 0. The van der Waals surface area contributed by atoms with Crippen molar-refractivity contribution in [3.8, 4) is 0 Å². The van der Waals surface area contributed by atoms with Crippen molar-refractivity contribution in [3.05, 3.63) is 0 Å². The van der Waals surface area contributed by atoms with Crippen LogP contribution in [0, 0.1) is 0 Å². The summed E-state index contributed by atoms with van der Waals surface area (Å²) in [7, 11) is -4.64. The molecule has 0 atom stereocenters. The van der Waals surface area contributed by atoms with Crippen LogP contribution in [0.2, 0.25) is 0 Å². The molecular formula is C3H9N2O4P. The van der Waals surface area contributed by atoms with Gasteiger partial charge in [0.15, 0.2) is 0 Å². The van der Waals surface area contributed by atoms with E-state index in [1.54, 1.807) is 6.34 Å². The molecule has 1 heterocycles. The van der Waals surface area contributed by atoms with Crippen LogP contribution >= 0.6 is 7.82 Å². The average molecular weight is 168 g/mol. The van der Waals surface area contributed by atoms with Gasteiger partial charge in [-0.05, 0) is 0 Å². The van der Waals surface area contributed by atoms with Crippen LogP contribution in [0.25, 0.3) is 0 Å². The lowest BCUT2D eigenvalue weighted by Crippen LogP contribution is -2.04. The highest BCUT2D eigenvalue weighted by atomic mass is 31.2. The number of hydrogen-bond donors (Lipinski definition) is 4. The minimum absolute atomic E-state index is 0.958. The summed E-state index contributed by atoms with van der Waals surface area (Å²) in [6.45, 7) is 1.99. The molecule has 0 radical (unpaired) electrons. The summed E-state index contributed by atoms with van der Waals surface area (Å²) in [6.07, 6.45) is 1.74. The van der Waals surface area contributed by atoms with E-state index in [9.17, 15) is 0 Å². The minimum Gasteiger partial charge on any atom is -0.375 e. The SMILES string of the molecule is C1=NCCN1.O=P(O)(O)O. The van der Waals surface area contributed by atoms with Crippen molar-refractivity contribution in [2.45, 2.75) is 0 Å². The maximum Gasteiger partial charge on any atom is 0.466 e. The molecule has 60 valence electrons. The molecule has 0 aliphatic carbocycles. The van der Waals surface area contributed by atoms with E-state index in [1.165, 1.54) is 0 Å². The Hall–Kier alpha value is -0.420. The van der Waals surface area contributed by atoms with Crippen LogP contribution in [0.1, 0.15) is 0 Å². The average Bonchev–Trinajstić information content (AvgIpc) is 2.07. The van der Waals surface area contributed by atoms with Crippen LogP contribution < -0.4 is 5.32 Å². The van der Waals surface area contributed by atoms with Crippen molar-refractivity contribution in [2.75, 3.05) is 13.1 Å². The van der Waals surface area contributed by atoms with Gasteiger partial charge in [-0.1, -0.05) is 0 Å². The van der Waals surface area contributed by atoms with Crippen LogP contribution in [-0.2, 0) is 4.57 Å². The number of aliphatic imine (C=N–C) groups is 1. The molecule has 1 aliphatic rings. The predicted molar refractivity (Wildman–Crippen MR) is 35.6 cm³/mol. The minimum atomic E-state index is -4.64. The van der Waals surface area contributed by atoms with Gasteiger partial charge in [-0.2, -0.15) is 0 Å². The van der Waals surface area contributed by atoms with Gasteiger partial charge in [-0.15, -0.1) is 0 Å². The quantitative estimate of drug-likeness (QED) is 0.336. The number of nitrogens with zero attached hydrogens (tertiary/aromatic N) is 1. The normalized spacial score (nSPS) is 15.5. The first kappa shape index (κ1) is 9.58. The smallest absolute Gasteiger partial charge is 0.375 e. The van der Waals surface area contributed by atoms with Gasteiger partial charge >= 0.3 is 7.82 Å². The highest BCUT2D eigenvalue weighted by Gasteiger charge is 2.00. The van der Waals surface area contributed by atoms with Gasteiger partial charge in [0.2, 0.25) is 0 Å². The van der Waals surface area contributed by atoms with Crippen molar-refractivity contribution in [3.63, 3.8) is 0 Å². The van der Waals surface area contributed by atoms with Crippen LogP contribution in [0.5, 0.6) is 0 Å². The number of phosphoric acid groups is 1. The van der Waals surface area contributed by atoms with Crippen LogP contribution in [-0.4, -0.2) is 34.1 Å². The lowest BCUT2D eigenvalue weighted by molar-refractivity contribution is 0.275. The summed E-state index contributed by atoms with van der Waals surface area (Å²) in [6, 6.07) is 0. The Morgan fingerprint density at radius 2 is 2.00 bits per heavy atom. The highest BCUT2D eigenvalue weighted by Crippen LogP contribution is 2.25. The van der Waals surface area contributed by atoms with Crippen molar-refractivity contribution >= 4 is 14.2 Å². The molecule has 0 spiro atoms. The van der Waals surface area contributed by atoms with Crippen molar-refractivity contribution < 1.29 is 19.2 Å². The van der Waals surface area contributed by atoms with Gasteiger partial charge in [0.25, 0.3) is 0 Å². The molecule has 0 aromatic heterocycles. The third kappa shape index (κ3) is 15.6. The molecule has 4 N–H and O–H groups in total. The monoisotopic (exact) mass is 168 g/mol. The van der Waals surface area contributed by atoms with E-state index in [0.29, 0.717) is 0 Å². The van der Waals surface area contributed by atoms with E-state index >= 15 is 0 Å². The molecular weight excluding hydrogens is 159 g/mol. The summed E-state index contributed by atoms with van der Waals surface area (Å²) in [5, 5.41) is 2.93. The van der Waals surface area contributed by atoms with E-state index in [0.717, 1.165) is 13.1 Å². The molecule has 0 saturated carbocycles. The molecule has 10 heavy (non-hydrogen) atoms. The fourth-order valence-electron chi connectivity index (χ4n) is 0.323. The zero-order valence-corrected chi connectivity index (χ0v) is 6.03. The Morgan fingerprint density at radius 1 is 1.50 bits per heavy atom. The fourth-order valence-corrected chi connectivity index (χ4v) is 0.323. The van der Waals surface area contributed by atoms with Crippen molar-refractivity contribution in [1.29, 1.82) is 0 Å². The predicted octanol–water partition coefficient (Wildman–Crippen LogP) is -1.31. The molecule has 0 fully saturated rings. The van der Waals surface area contributed by atoms with Gasteiger partial charge in [-0.3, -0.25) is 4.99 Å². The van der Waals surface area contributed by atoms with Gasteiger partial charge in [0, 0.05) is 6.54 Å². The van der Waals surface area contributed by atoms with Gasteiger partial charge in [0.1, 0.15) is 0 Å².